The number of carbonyl (C=O) groups is 1. The average Bonchev–Trinajstić information content (AvgIpc) is 2.51. The van der Waals surface area contributed by atoms with Gasteiger partial charge in [-0.25, -0.2) is 0 Å². The van der Waals surface area contributed by atoms with Crippen LogP contribution >= 0.6 is 0 Å². The van der Waals surface area contributed by atoms with Gasteiger partial charge >= 0.3 is 0 Å². The molecule has 1 saturated heterocycles. The number of rotatable bonds is 3. The maximum Gasteiger partial charge on any atom is 0.281 e. The van der Waals surface area contributed by atoms with Gasteiger partial charge in [-0.05, 0) is 11.8 Å². The Labute approximate surface area is 122 Å². The normalized spacial score (nSPS) is 19.2. The lowest BCUT2D eigenvalue weighted by Gasteiger charge is -2.26. The largest absolute Gasteiger partial charge is 0.341 e. The Morgan fingerprint density at radius 2 is 1.70 bits per heavy atom. The summed E-state index contributed by atoms with van der Waals surface area (Å²) in [5, 5.41) is 0. The van der Waals surface area contributed by atoms with Crippen molar-refractivity contribution in [3.63, 3.8) is 0 Å². The van der Waals surface area contributed by atoms with Crippen molar-refractivity contribution in [2.45, 2.75) is 33.6 Å². The summed E-state index contributed by atoms with van der Waals surface area (Å²) in [6.45, 7) is 8.05. The summed E-state index contributed by atoms with van der Waals surface area (Å²) >= 11 is 0. The summed E-state index contributed by atoms with van der Waals surface area (Å²) in [4.78, 5) is 14.0. The molecule has 0 aromatic carbocycles. The standard InChI is InChI=1S/C13H27N3O3S/c1-13(2,3)11-12(17)15-7-6-8-16(10-9-15)20(18,19)14(4)5/h6-11H2,1-5H3. The topological polar surface area (TPSA) is 60.9 Å². The molecule has 0 aliphatic carbocycles. The third kappa shape index (κ3) is 4.71. The summed E-state index contributed by atoms with van der Waals surface area (Å²) in [5.74, 6) is 0.113. The fourth-order valence-electron chi connectivity index (χ4n) is 2.17. The van der Waals surface area contributed by atoms with Gasteiger partial charge in [0.1, 0.15) is 0 Å². The van der Waals surface area contributed by atoms with Crippen LogP contribution in [-0.4, -0.2) is 68.1 Å². The molecule has 1 aliphatic rings. The lowest BCUT2D eigenvalue weighted by molar-refractivity contribution is -0.132. The molecule has 1 fully saturated rings. The van der Waals surface area contributed by atoms with Crippen LogP contribution in [-0.2, 0) is 15.0 Å². The zero-order valence-corrected chi connectivity index (χ0v) is 14.0. The predicted octanol–water partition coefficient (Wildman–Crippen LogP) is 0.763. The van der Waals surface area contributed by atoms with Crippen molar-refractivity contribution in [2.24, 2.45) is 5.41 Å². The van der Waals surface area contributed by atoms with Crippen LogP contribution < -0.4 is 0 Å². The zero-order valence-electron chi connectivity index (χ0n) is 13.2. The summed E-state index contributed by atoms with van der Waals surface area (Å²) in [5.41, 5.74) is -0.0429. The van der Waals surface area contributed by atoms with Crippen molar-refractivity contribution in [3.05, 3.63) is 0 Å². The molecule has 1 amide bonds. The summed E-state index contributed by atoms with van der Waals surface area (Å²) in [6.07, 6.45) is 1.18. The fourth-order valence-corrected chi connectivity index (χ4v) is 3.30. The molecular formula is C13H27N3O3S. The van der Waals surface area contributed by atoms with Gasteiger partial charge in [-0.1, -0.05) is 20.8 Å². The van der Waals surface area contributed by atoms with Crippen LogP contribution in [0.25, 0.3) is 0 Å². The lowest BCUT2D eigenvalue weighted by atomic mass is 9.91. The highest BCUT2D eigenvalue weighted by Gasteiger charge is 2.29. The Bertz CT molecular complexity index is 440. The van der Waals surface area contributed by atoms with E-state index in [1.807, 2.05) is 20.8 Å². The van der Waals surface area contributed by atoms with Gasteiger partial charge in [-0.3, -0.25) is 4.79 Å². The second-order valence-electron chi connectivity index (χ2n) is 6.66. The lowest BCUT2D eigenvalue weighted by Crippen LogP contribution is -2.42. The molecule has 0 aromatic heterocycles. The molecule has 0 spiro atoms. The molecular weight excluding hydrogens is 278 g/mol. The molecule has 0 radical (unpaired) electrons. The van der Waals surface area contributed by atoms with Crippen LogP contribution in [0, 0.1) is 5.41 Å². The molecule has 1 aliphatic heterocycles. The Morgan fingerprint density at radius 3 is 2.20 bits per heavy atom. The van der Waals surface area contributed by atoms with Crippen molar-refractivity contribution in [3.8, 4) is 0 Å². The molecule has 0 aromatic rings. The Morgan fingerprint density at radius 1 is 1.10 bits per heavy atom. The third-order valence-corrected chi connectivity index (χ3v) is 5.22. The average molecular weight is 305 g/mol. The minimum Gasteiger partial charge on any atom is -0.341 e. The summed E-state index contributed by atoms with van der Waals surface area (Å²) in [6, 6.07) is 0. The molecule has 1 heterocycles. The maximum absolute atomic E-state index is 12.2. The van der Waals surface area contributed by atoms with E-state index in [0.29, 0.717) is 39.0 Å². The van der Waals surface area contributed by atoms with Gasteiger partial charge in [0.25, 0.3) is 10.2 Å². The van der Waals surface area contributed by atoms with Crippen LogP contribution in [0.5, 0.6) is 0 Å². The van der Waals surface area contributed by atoms with Crippen molar-refractivity contribution >= 4 is 16.1 Å². The number of hydrogen-bond acceptors (Lipinski definition) is 3. The van der Waals surface area contributed by atoms with Crippen molar-refractivity contribution < 1.29 is 13.2 Å². The van der Waals surface area contributed by atoms with Crippen LogP contribution in [0.15, 0.2) is 0 Å². The molecule has 7 heteroatoms. The molecule has 20 heavy (non-hydrogen) atoms. The van der Waals surface area contributed by atoms with E-state index in [4.69, 9.17) is 0 Å². The first kappa shape index (κ1) is 17.4. The first-order valence-corrected chi connectivity index (χ1v) is 8.39. The van der Waals surface area contributed by atoms with Crippen LogP contribution in [0.2, 0.25) is 0 Å². The number of hydrogen-bond donors (Lipinski definition) is 0. The molecule has 0 N–H and O–H groups in total. The van der Waals surface area contributed by atoms with Crippen LogP contribution in [0.1, 0.15) is 33.6 Å². The molecule has 118 valence electrons. The maximum atomic E-state index is 12.2. The predicted molar refractivity (Wildman–Crippen MR) is 79.4 cm³/mol. The minimum atomic E-state index is -3.38. The van der Waals surface area contributed by atoms with Gasteiger partial charge in [-0.2, -0.15) is 17.0 Å². The number of carbonyl (C=O) groups excluding carboxylic acids is 1. The highest BCUT2D eigenvalue weighted by molar-refractivity contribution is 7.86. The third-order valence-electron chi connectivity index (χ3n) is 3.28. The highest BCUT2D eigenvalue weighted by Crippen LogP contribution is 2.20. The highest BCUT2D eigenvalue weighted by atomic mass is 32.2. The van der Waals surface area contributed by atoms with Gasteiger partial charge < -0.3 is 4.90 Å². The van der Waals surface area contributed by atoms with E-state index in [0.717, 1.165) is 0 Å². The van der Waals surface area contributed by atoms with Gasteiger partial charge in [0.2, 0.25) is 5.91 Å². The molecule has 0 bridgehead atoms. The van der Waals surface area contributed by atoms with Gasteiger partial charge in [0.15, 0.2) is 0 Å². The quantitative estimate of drug-likeness (QED) is 0.773. The molecule has 0 saturated carbocycles. The van der Waals surface area contributed by atoms with E-state index in [9.17, 15) is 13.2 Å². The summed E-state index contributed by atoms with van der Waals surface area (Å²) < 4.78 is 26.9. The first-order valence-electron chi connectivity index (χ1n) is 6.99. The van der Waals surface area contributed by atoms with E-state index in [2.05, 4.69) is 0 Å². The van der Waals surface area contributed by atoms with Crippen LogP contribution in [0.3, 0.4) is 0 Å². The molecule has 0 atom stereocenters. The van der Waals surface area contributed by atoms with Crippen molar-refractivity contribution in [2.75, 3.05) is 40.3 Å². The SMILES string of the molecule is CN(C)S(=O)(=O)N1CCCN(C(=O)CC(C)(C)C)CC1. The molecule has 1 rings (SSSR count). The smallest absolute Gasteiger partial charge is 0.281 e. The summed E-state index contributed by atoms with van der Waals surface area (Å²) in [7, 11) is -0.318. The van der Waals surface area contributed by atoms with Crippen molar-refractivity contribution in [1.82, 2.24) is 13.5 Å². The second-order valence-corrected chi connectivity index (χ2v) is 8.80. The first-order chi connectivity index (χ1) is 9.04. The van der Waals surface area contributed by atoms with Gasteiger partial charge in [-0.15, -0.1) is 0 Å². The zero-order chi connectivity index (χ0) is 15.6. The number of amides is 1. The monoisotopic (exact) mass is 305 g/mol. The van der Waals surface area contributed by atoms with Gasteiger partial charge in [0, 0.05) is 46.7 Å². The minimum absolute atomic E-state index is 0.0429. The Kier molecular flexibility index (Phi) is 5.57. The van der Waals surface area contributed by atoms with E-state index < -0.39 is 10.2 Å². The molecule has 0 unspecified atom stereocenters. The van der Waals surface area contributed by atoms with Crippen molar-refractivity contribution in [1.29, 1.82) is 0 Å². The van der Waals surface area contributed by atoms with Gasteiger partial charge in [0.05, 0.1) is 0 Å². The number of nitrogens with zero attached hydrogens (tertiary/aromatic N) is 3. The molecule has 6 nitrogen and oxygen atoms in total. The Hall–Kier alpha value is -0.660. The Balaban J connectivity index is 2.67. The fraction of sp³-hybridized carbons (Fsp3) is 0.923. The van der Waals surface area contributed by atoms with E-state index in [-0.39, 0.29) is 11.3 Å². The van der Waals surface area contributed by atoms with E-state index in [1.165, 1.54) is 22.7 Å². The van der Waals surface area contributed by atoms with E-state index >= 15 is 0 Å². The van der Waals surface area contributed by atoms with E-state index in [1.54, 1.807) is 4.90 Å². The van der Waals surface area contributed by atoms with Crippen LogP contribution in [0.4, 0.5) is 0 Å². The second kappa shape index (κ2) is 6.41.